The maximum absolute atomic E-state index is 12.4. The van der Waals surface area contributed by atoms with Gasteiger partial charge in [0.2, 0.25) is 0 Å². The van der Waals surface area contributed by atoms with E-state index in [9.17, 15) is 4.79 Å². The van der Waals surface area contributed by atoms with Crippen molar-refractivity contribution in [3.05, 3.63) is 63.6 Å². The summed E-state index contributed by atoms with van der Waals surface area (Å²) in [5.74, 6) is -0.130. The molecule has 2 rings (SSSR count). The first kappa shape index (κ1) is 15.6. The van der Waals surface area contributed by atoms with Crippen LogP contribution in [0.1, 0.15) is 35.3 Å². The molecule has 0 aliphatic rings. The summed E-state index contributed by atoms with van der Waals surface area (Å²) in [4.78, 5) is 12.4. The average Bonchev–Trinajstić information content (AvgIpc) is 2.41. The maximum Gasteiger partial charge on any atom is 0.252 e. The van der Waals surface area contributed by atoms with E-state index in [0.717, 1.165) is 15.6 Å². The molecule has 1 amide bonds. The number of carbonyl (C=O) groups is 1. The van der Waals surface area contributed by atoms with Crippen LogP contribution < -0.4 is 11.1 Å². The molecule has 2 aromatic rings. The van der Waals surface area contributed by atoms with E-state index >= 15 is 0 Å². The highest BCUT2D eigenvalue weighted by atomic mass is 79.9. The standard InChI is InChI=1S/C17H19BrN2O/c1-11-4-5-12(10-15(11)19)16(21)20-17(2,3)13-6-8-14(18)9-7-13/h4-10H,19H2,1-3H3,(H,20,21). The molecule has 0 aromatic heterocycles. The molecule has 0 unspecified atom stereocenters. The lowest BCUT2D eigenvalue weighted by Gasteiger charge is -2.27. The molecule has 2 aromatic carbocycles. The van der Waals surface area contributed by atoms with Crippen LogP contribution in [-0.2, 0) is 5.54 Å². The topological polar surface area (TPSA) is 55.1 Å². The van der Waals surface area contributed by atoms with Gasteiger partial charge in [0.25, 0.3) is 5.91 Å². The fourth-order valence-electron chi connectivity index (χ4n) is 2.08. The summed E-state index contributed by atoms with van der Waals surface area (Å²) in [6.45, 7) is 5.88. The second-order valence-electron chi connectivity index (χ2n) is 5.66. The van der Waals surface area contributed by atoms with Crippen LogP contribution in [0, 0.1) is 6.92 Å². The Labute approximate surface area is 133 Å². The summed E-state index contributed by atoms with van der Waals surface area (Å²) >= 11 is 3.41. The van der Waals surface area contributed by atoms with Crippen molar-refractivity contribution in [2.24, 2.45) is 0 Å². The van der Waals surface area contributed by atoms with Crippen LogP contribution in [0.2, 0.25) is 0 Å². The lowest BCUT2D eigenvalue weighted by molar-refractivity contribution is 0.0912. The molecule has 0 atom stereocenters. The van der Waals surface area contributed by atoms with Gasteiger partial charge in [0.15, 0.2) is 0 Å². The summed E-state index contributed by atoms with van der Waals surface area (Å²) < 4.78 is 1.01. The normalized spacial score (nSPS) is 11.2. The maximum atomic E-state index is 12.4. The predicted molar refractivity (Wildman–Crippen MR) is 90.2 cm³/mol. The average molecular weight is 347 g/mol. The first-order valence-electron chi connectivity index (χ1n) is 6.74. The number of aryl methyl sites for hydroxylation is 1. The minimum absolute atomic E-state index is 0.130. The largest absolute Gasteiger partial charge is 0.398 e. The minimum Gasteiger partial charge on any atom is -0.398 e. The van der Waals surface area contributed by atoms with E-state index in [1.807, 2.05) is 51.1 Å². The molecule has 0 aliphatic carbocycles. The summed E-state index contributed by atoms with van der Waals surface area (Å²) in [7, 11) is 0. The van der Waals surface area contributed by atoms with Crippen molar-refractivity contribution >= 4 is 27.5 Å². The van der Waals surface area contributed by atoms with Gasteiger partial charge in [-0.05, 0) is 56.2 Å². The zero-order valence-corrected chi connectivity index (χ0v) is 14.0. The molecule has 0 aliphatic heterocycles. The van der Waals surface area contributed by atoms with Gasteiger partial charge in [-0.15, -0.1) is 0 Å². The van der Waals surface area contributed by atoms with Crippen LogP contribution in [0.15, 0.2) is 46.9 Å². The van der Waals surface area contributed by atoms with Crippen LogP contribution in [-0.4, -0.2) is 5.91 Å². The predicted octanol–water partition coefficient (Wildman–Crippen LogP) is 4.00. The van der Waals surface area contributed by atoms with Crippen molar-refractivity contribution in [3.63, 3.8) is 0 Å². The molecule has 21 heavy (non-hydrogen) atoms. The monoisotopic (exact) mass is 346 g/mol. The lowest BCUT2D eigenvalue weighted by atomic mass is 9.94. The van der Waals surface area contributed by atoms with Gasteiger partial charge in [-0.25, -0.2) is 0 Å². The third-order valence-electron chi connectivity index (χ3n) is 3.53. The zero-order valence-electron chi connectivity index (χ0n) is 12.4. The van der Waals surface area contributed by atoms with Gasteiger partial charge >= 0.3 is 0 Å². The lowest BCUT2D eigenvalue weighted by Crippen LogP contribution is -2.41. The van der Waals surface area contributed by atoms with Crippen molar-refractivity contribution in [1.29, 1.82) is 0 Å². The van der Waals surface area contributed by atoms with E-state index in [-0.39, 0.29) is 5.91 Å². The molecule has 0 fully saturated rings. The number of rotatable bonds is 3. The second-order valence-corrected chi connectivity index (χ2v) is 6.57. The Morgan fingerprint density at radius 2 is 1.76 bits per heavy atom. The number of halogens is 1. The van der Waals surface area contributed by atoms with Gasteiger partial charge in [-0.2, -0.15) is 0 Å². The first-order chi connectivity index (χ1) is 9.79. The van der Waals surface area contributed by atoms with Crippen molar-refractivity contribution in [3.8, 4) is 0 Å². The molecule has 0 radical (unpaired) electrons. The van der Waals surface area contributed by atoms with E-state index in [1.54, 1.807) is 12.1 Å². The van der Waals surface area contributed by atoms with Crippen molar-refractivity contribution in [1.82, 2.24) is 5.32 Å². The summed E-state index contributed by atoms with van der Waals surface area (Å²) in [6.07, 6.45) is 0. The van der Waals surface area contributed by atoms with E-state index in [4.69, 9.17) is 5.73 Å². The van der Waals surface area contributed by atoms with Gasteiger partial charge in [0.05, 0.1) is 5.54 Å². The number of hydrogen-bond donors (Lipinski definition) is 2. The number of anilines is 1. The van der Waals surface area contributed by atoms with E-state index in [0.29, 0.717) is 11.3 Å². The molecule has 0 saturated carbocycles. The first-order valence-corrected chi connectivity index (χ1v) is 7.53. The van der Waals surface area contributed by atoms with E-state index in [2.05, 4.69) is 21.2 Å². The van der Waals surface area contributed by atoms with Crippen LogP contribution in [0.5, 0.6) is 0 Å². The Hall–Kier alpha value is -1.81. The van der Waals surface area contributed by atoms with E-state index in [1.165, 1.54) is 0 Å². The molecule has 0 saturated heterocycles. The quantitative estimate of drug-likeness (QED) is 0.825. The Kier molecular flexibility index (Phi) is 4.37. The Balaban J connectivity index is 2.21. The van der Waals surface area contributed by atoms with Crippen LogP contribution in [0.25, 0.3) is 0 Å². The number of amides is 1. The second kappa shape index (κ2) is 5.90. The van der Waals surface area contributed by atoms with Gasteiger partial charge in [-0.1, -0.05) is 34.1 Å². The summed E-state index contributed by atoms with van der Waals surface area (Å²) in [5.41, 5.74) is 8.62. The molecule has 3 nitrogen and oxygen atoms in total. The molecule has 0 bridgehead atoms. The fraction of sp³-hybridized carbons (Fsp3) is 0.235. The Morgan fingerprint density at radius 1 is 1.14 bits per heavy atom. The molecule has 0 heterocycles. The van der Waals surface area contributed by atoms with Gasteiger partial charge < -0.3 is 11.1 Å². The van der Waals surface area contributed by atoms with E-state index < -0.39 is 5.54 Å². The minimum atomic E-state index is -0.461. The highest BCUT2D eigenvalue weighted by molar-refractivity contribution is 9.10. The SMILES string of the molecule is Cc1ccc(C(=O)NC(C)(C)c2ccc(Br)cc2)cc1N. The van der Waals surface area contributed by atoms with Crippen LogP contribution in [0.4, 0.5) is 5.69 Å². The summed E-state index contributed by atoms with van der Waals surface area (Å²) in [6, 6.07) is 13.3. The smallest absolute Gasteiger partial charge is 0.252 e. The number of nitrogens with two attached hydrogens (primary N) is 1. The Bertz CT molecular complexity index is 663. The van der Waals surface area contributed by atoms with Gasteiger partial charge in [0, 0.05) is 15.7 Å². The molecular weight excluding hydrogens is 328 g/mol. The highest BCUT2D eigenvalue weighted by Gasteiger charge is 2.23. The number of benzene rings is 2. The fourth-order valence-corrected chi connectivity index (χ4v) is 2.34. The van der Waals surface area contributed by atoms with Gasteiger partial charge in [0.1, 0.15) is 0 Å². The summed E-state index contributed by atoms with van der Waals surface area (Å²) in [5, 5.41) is 3.05. The third-order valence-corrected chi connectivity index (χ3v) is 4.06. The molecule has 4 heteroatoms. The van der Waals surface area contributed by atoms with Crippen molar-refractivity contribution < 1.29 is 4.79 Å². The van der Waals surface area contributed by atoms with Gasteiger partial charge in [-0.3, -0.25) is 4.79 Å². The molecule has 110 valence electrons. The van der Waals surface area contributed by atoms with Crippen LogP contribution in [0.3, 0.4) is 0 Å². The number of carbonyl (C=O) groups excluding carboxylic acids is 1. The van der Waals surface area contributed by atoms with Crippen molar-refractivity contribution in [2.45, 2.75) is 26.3 Å². The highest BCUT2D eigenvalue weighted by Crippen LogP contribution is 2.23. The van der Waals surface area contributed by atoms with Crippen LogP contribution >= 0.6 is 15.9 Å². The number of nitrogen functional groups attached to an aromatic ring is 1. The third kappa shape index (κ3) is 3.64. The number of nitrogens with one attached hydrogen (secondary N) is 1. The molecular formula is C17H19BrN2O. The zero-order chi connectivity index (χ0) is 15.6. The van der Waals surface area contributed by atoms with Crippen molar-refractivity contribution in [2.75, 3.05) is 5.73 Å². The Morgan fingerprint density at radius 3 is 2.33 bits per heavy atom. The number of hydrogen-bond acceptors (Lipinski definition) is 2. The molecule has 3 N–H and O–H groups in total. The molecule has 0 spiro atoms.